The summed E-state index contributed by atoms with van der Waals surface area (Å²) >= 11 is 0. The van der Waals surface area contributed by atoms with Crippen LogP contribution in [0.1, 0.15) is 32.1 Å². The van der Waals surface area contributed by atoms with Gasteiger partial charge in [0, 0.05) is 44.5 Å². The Kier molecular flexibility index (Phi) is 3.77. The standard InChI is InChI=1S/C17H22N4O4/c22-14-9-12(10-21(14)13-1-2-13)15(23)19-6-3-17(4-7-19,16(24)25)20-8-5-18-11-20/h5,8,11-13H,1-4,6-7,9-10H2,(H,24,25). The summed E-state index contributed by atoms with van der Waals surface area (Å²) in [6.07, 6.45) is 7.82. The Bertz CT molecular complexity index is 690. The van der Waals surface area contributed by atoms with Crippen LogP contribution in [0.2, 0.25) is 0 Å². The summed E-state index contributed by atoms with van der Waals surface area (Å²) in [4.78, 5) is 44.3. The number of aromatic nitrogens is 2. The number of piperidine rings is 1. The zero-order chi connectivity index (χ0) is 17.6. The first-order valence-corrected chi connectivity index (χ1v) is 8.81. The van der Waals surface area contributed by atoms with E-state index in [1.165, 1.54) is 6.33 Å². The normalized spacial score (nSPS) is 26.1. The molecule has 1 N–H and O–H groups in total. The highest BCUT2D eigenvalue weighted by molar-refractivity contribution is 5.90. The Hall–Kier alpha value is -2.38. The van der Waals surface area contributed by atoms with E-state index in [0.29, 0.717) is 38.5 Å². The van der Waals surface area contributed by atoms with Crippen molar-refractivity contribution in [3.63, 3.8) is 0 Å². The predicted molar refractivity (Wildman–Crippen MR) is 86.5 cm³/mol. The Balaban J connectivity index is 1.42. The van der Waals surface area contributed by atoms with Gasteiger partial charge < -0.3 is 19.5 Å². The first-order chi connectivity index (χ1) is 12.0. The van der Waals surface area contributed by atoms with Crippen molar-refractivity contribution in [1.29, 1.82) is 0 Å². The van der Waals surface area contributed by atoms with Crippen molar-refractivity contribution in [2.45, 2.75) is 43.7 Å². The third kappa shape index (κ3) is 2.69. The van der Waals surface area contributed by atoms with Gasteiger partial charge in [0.1, 0.15) is 5.54 Å². The number of carboxylic acid groups (broad SMARTS) is 1. The van der Waals surface area contributed by atoms with Gasteiger partial charge in [-0.3, -0.25) is 9.59 Å². The molecule has 1 aromatic rings. The molecule has 4 rings (SSSR count). The number of imidazole rings is 1. The van der Waals surface area contributed by atoms with E-state index in [0.717, 1.165) is 12.8 Å². The number of aliphatic carboxylic acids is 1. The van der Waals surface area contributed by atoms with Gasteiger partial charge in [-0.05, 0) is 25.7 Å². The molecule has 8 nitrogen and oxygen atoms in total. The molecule has 2 saturated heterocycles. The Morgan fingerprint density at radius 3 is 2.52 bits per heavy atom. The number of likely N-dealkylation sites (tertiary alicyclic amines) is 2. The van der Waals surface area contributed by atoms with E-state index in [9.17, 15) is 19.5 Å². The van der Waals surface area contributed by atoms with E-state index in [2.05, 4.69) is 4.98 Å². The first-order valence-electron chi connectivity index (χ1n) is 8.81. The third-order valence-corrected chi connectivity index (χ3v) is 5.79. The van der Waals surface area contributed by atoms with Gasteiger partial charge in [0.2, 0.25) is 11.8 Å². The van der Waals surface area contributed by atoms with Crippen LogP contribution in [0.3, 0.4) is 0 Å². The highest BCUT2D eigenvalue weighted by Gasteiger charge is 2.47. The summed E-state index contributed by atoms with van der Waals surface area (Å²) < 4.78 is 1.63. The van der Waals surface area contributed by atoms with Crippen LogP contribution in [0.15, 0.2) is 18.7 Å². The predicted octanol–water partition coefficient (Wildman–Crippen LogP) is 0.296. The maximum absolute atomic E-state index is 12.8. The fourth-order valence-corrected chi connectivity index (χ4v) is 4.09. The van der Waals surface area contributed by atoms with Gasteiger partial charge in [-0.2, -0.15) is 0 Å². The van der Waals surface area contributed by atoms with E-state index in [1.54, 1.807) is 21.9 Å². The number of hydrogen-bond donors (Lipinski definition) is 1. The number of amides is 2. The zero-order valence-corrected chi connectivity index (χ0v) is 14.0. The highest BCUT2D eigenvalue weighted by atomic mass is 16.4. The smallest absolute Gasteiger partial charge is 0.330 e. The summed E-state index contributed by atoms with van der Waals surface area (Å²) in [7, 11) is 0. The molecule has 1 saturated carbocycles. The lowest BCUT2D eigenvalue weighted by Gasteiger charge is -2.40. The Morgan fingerprint density at radius 2 is 1.96 bits per heavy atom. The summed E-state index contributed by atoms with van der Waals surface area (Å²) in [6, 6.07) is 0.340. The maximum Gasteiger partial charge on any atom is 0.330 e. The molecule has 0 spiro atoms. The highest BCUT2D eigenvalue weighted by Crippen LogP contribution is 2.35. The monoisotopic (exact) mass is 346 g/mol. The van der Waals surface area contributed by atoms with Crippen molar-refractivity contribution in [2.75, 3.05) is 19.6 Å². The van der Waals surface area contributed by atoms with E-state index < -0.39 is 11.5 Å². The van der Waals surface area contributed by atoms with Crippen LogP contribution < -0.4 is 0 Å². The molecule has 1 aliphatic carbocycles. The lowest BCUT2D eigenvalue weighted by atomic mass is 9.86. The summed E-state index contributed by atoms with van der Waals surface area (Å²) in [5.74, 6) is -1.11. The summed E-state index contributed by atoms with van der Waals surface area (Å²) in [5, 5.41) is 9.73. The van der Waals surface area contributed by atoms with E-state index in [-0.39, 0.29) is 24.2 Å². The molecular formula is C17H22N4O4. The molecule has 1 unspecified atom stereocenters. The number of nitrogens with zero attached hydrogens (tertiary/aromatic N) is 4. The van der Waals surface area contributed by atoms with E-state index >= 15 is 0 Å². The van der Waals surface area contributed by atoms with Crippen molar-refractivity contribution in [1.82, 2.24) is 19.4 Å². The quantitative estimate of drug-likeness (QED) is 0.846. The summed E-state index contributed by atoms with van der Waals surface area (Å²) in [6.45, 7) is 1.29. The first kappa shape index (κ1) is 16.1. The minimum absolute atomic E-state index is 0.0129. The van der Waals surface area contributed by atoms with Gasteiger partial charge >= 0.3 is 5.97 Å². The van der Waals surface area contributed by atoms with Crippen LogP contribution >= 0.6 is 0 Å². The van der Waals surface area contributed by atoms with Gasteiger partial charge in [0.25, 0.3) is 0 Å². The SMILES string of the molecule is O=C(C1CC(=O)N(C2CC2)C1)N1CCC(C(=O)O)(n2ccnc2)CC1. The molecule has 3 fully saturated rings. The average molecular weight is 346 g/mol. The zero-order valence-electron chi connectivity index (χ0n) is 14.0. The molecule has 2 amide bonds. The van der Waals surface area contributed by atoms with Crippen LogP contribution in [0, 0.1) is 5.92 Å². The molecule has 2 aliphatic heterocycles. The number of hydrogen-bond acceptors (Lipinski definition) is 4. The number of carbonyl (C=O) groups excluding carboxylic acids is 2. The van der Waals surface area contributed by atoms with Gasteiger partial charge in [0.05, 0.1) is 12.2 Å². The fraction of sp³-hybridized carbons (Fsp3) is 0.647. The molecule has 1 atom stereocenters. The molecule has 25 heavy (non-hydrogen) atoms. The minimum Gasteiger partial charge on any atom is -0.479 e. The van der Waals surface area contributed by atoms with E-state index in [1.807, 2.05) is 4.90 Å². The lowest BCUT2D eigenvalue weighted by Crippen LogP contribution is -2.53. The fourth-order valence-electron chi connectivity index (χ4n) is 4.09. The van der Waals surface area contributed by atoms with Gasteiger partial charge in [0.15, 0.2) is 0 Å². The van der Waals surface area contributed by atoms with Crippen LogP contribution in [0.4, 0.5) is 0 Å². The Morgan fingerprint density at radius 1 is 1.24 bits per heavy atom. The molecule has 0 radical (unpaired) electrons. The summed E-state index contributed by atoms with van der Waals surface area (Å²) in [5.41, 5.74) is -1.04. The second-order valence-corrected chi connectivity index (χ2v) is 7.31. The topological polar surface area (TPSA) is 95.7 Å². The number of carboxylic acids is 1. The van der Waals surface area contributed by atoms with Gasteiger partial charge in [-0.1, -0.05) is 0 Å². The van der Waals surface area contributed by atoms with Gasteiger partial charge in [-0.25, -0.2) is 9.78 Å². The molecular weight excluding hydrogens is 324 g/mol. The van der Waals surface area contributed by atoms with Crippen molar-refractivity contribution in [3.05, 3.63) is 18.7 Å². The molecule has 1 aromatic heterocycles. The number of carbonyl (C=O) groups is 3. The van der Waals surface area contributed by atoms with Crippen LogP contribution in [-0.2, 0) is 19.9 Å². The molecule has 0 bridgehead atoms. The van der Waals surface area contributed by atoms with Gasteiger partial charge in [-0.15, -0.1) is 0 Å². The Labute approximate surface area is 145 Å². The molecule has 8 heteroatoms. The van der Waals surface area contributed by atoms with Crippen LogP contribution in [0.5, 0.6) is 0 Å². The van der Waals surface area contributed by atoms with Crippen LogP contribution in [-0.4, -0.2) is 67.9 Å². The van der Waals surface area contributed by atoms with E-state index in [4.69, 9.17) is 0 Å². The van der Waals surface area contributed by atoms with Crippen molar-refractivity contribution < 1.29 is 19.5 Å². The maximum atomic E-state index is 12.8. The minimum atomic E-state index is -1.04. The lowest BCUT2D eigenvalue weighted by molar-refractivity contribution is -0.153. The molecule has 3 heterocycles. The molecule has 0 aromatic carbocycles. The average Bonchev–Trinajstić information content (AvgIpc) is 3.14. The van der Waals surface area contributed by atoms with Crippen molar-refractivity contribution in [2.24, 2.45) is 5.92 Å². The molecule has 134 valence electrons. The largest absolute Gasteiger partial charge is 0.479 e. The second-order valence-electron chi connectivity index (χ2n) is 7.31. The second kappa shape index (κ2) is 5.86. The van der Waals surface area contributed by atoms with Crippen LogP contribution in [0.25, 0.3) is 0 Å². The molecule has 3 aliphatic rings. The number of rotatable bonds is 4. The van der Waals surface area contributed by atoms with Crippen molar-refractivity contribution in [3.8, 4) is 0 Å². The third-order valence-electron chi connectivity index (χ3n) is 5.79. The van der Waals surface area contributed by atoms with Crippen molar-refractivity contribution >= 4 is 17.8 Å².